The number of hydrogen-bond acceptors (Lipinski definition) is 4. The van der Waals surface area contributed by atoms with Crippen LogP contribution in [0.25, 0.3) is 0 Å². The lowest BCUT2D eigenvalue weighted by Crippen LogP contribution is -2.35. The average molecular weight is 301 g/mol. The number of ether oxygens (including phenoxy) is 2. The van der Waals surface area contributed by atoms with Gasteiger partial charge in [0.1, 0.15) is 25.1 Å². The van der Waals surface area contributed by atoms with Crippen molar-refractivity contribution in [1.29, 1.82) is 0 Å². The summed E-state index contributed by atoms with van der Waals surface area (Å²) in [5, 5.41) is 12.2. The van der Waals surface area contributed by atoms with Crippen molar-refractivity contribution >= 4 is 6.09 Å². The number of carbonyl (C=O) groups is 1. The highest BCUT2D eigenvalue weighted by atomic mass is 16.5. The zero-order chi connectivity index (χ0) is 15.6. The van der Waals surface area contributed by atoms with Gasteiger partial charge >= 0.3 is 6.09 Å². The van der Waals surface area contributed by atoms with Crippen LogP contribution < -0.4 is 10.1 Å². The first-order valence-electron chi connectivity index (χ1n) is 7.04. The van der Waals surface area contributed by atoms with E-state index in [0.29, 0.717) is 5.75 Å². The monoisotopic (exact) mass is 301 g/mol. The Hall–Kier alpha value is -2.53. The molecule has 0 aromatic heterocycles. The van der Waals surface area contributed by atoms with E-state index >= 15 is 0 Å². The SMILES string of the molecule is O=C(NCC(O)COc1ccccc1)OCc1ccccc1. The number of rotatable bonds is 7. The highest BCUT2D eigenvalue weighted by molar-refractivity contribution is 5.67. The van der Waals surface area contributed by atoms with Gasteiger partial charge in [0.05, 0.1) is 6.54 Å². The second-order valence-corrected chi connectivity index (χ2v) is 4.72. The molecule has 2 N–H and O–H groups in total. The molecular formula is C17H19NO4. The first kappa shape index (κ1) is 15.9. The number of aliphatic hydroxyl groups is 1. The van der Waals surface area contributed by atoms with Crippen LogP contribution in [0.15, 0.2) is 60.7 Å². The third-order valence-corrected chi connectivity index (χ3v) is 2.88. The lowest BCUT2D eigenvalue weighted by atomic mass is 10.2. The summed E-state index contributed by atoms with van der Waals surface area (Å²) in [5.41, 5.74) is 0.908. The molecule has 2 aromatic rings. The first-order chi connectivity index (χ1) is 10.7. The number of aliphatic hydroxyl groups excluding tert-OH is 1. The van der Waals surface area contributed by atoms with Crippen LogP contribution in [0.2, 0.25) is 0 Å². The molecule has 116 valence electrons. The minimum Gasteiger partial charge on any atom is -0.491 e. The molecule has 1 unspecified atom stereocenters. The van der Waals surface area contributed by atoms with Crippen LogP contribution in [0, 0.1) is 0 Å². The number of amides is 1. The Morgan fingerprint density at radius 1 is 1.05 bits per heavy atom. The van der Waals surface area contributed by atoms with Gasteiger partial charge in [-0.2, -0.15) is 0 Å². The third-order valence-electron chi connectivity index (χ3n) is 2.88. The van der Waals surface area contributed by atoms with E-state index in [9.17, 15) is 9.90 Å². The summed E-state index contributed by atoms with van der Waals surface area (Å²) >= 11 is 0. The topological polar surface area (TPSA) is 67.8 Å². The van der Waals surface area contributed by atoms with Crippen molar-refractivity contribution in [3.05, 3.63) is 66.2 Å². The van der Waals surface area contributed by atoms with Gasteiger partial charge in [0.25, 0.3) is 0 Å². The molecule has 0 spiro atoms. The van der Waals surface area contributed by atoms with Gasteiger partial charge in [0, 0.05) is 0 Å². The lowest BCUT2D eigenvalue weighted by molar-refractivity contribution is 0.0965. The summed E-state index contributed by atoms with van der Waals surface area (Å²) in [6, 6.07) is 18.6. The van der Waals surface area contributed by atoms with Gasteiger partial charge in [-0.05, 0) is 17.7 Å². The normalized spacial score (nSPS) is 11.5. The van der Waals surface area contributed by atoms with Crippen LogP contribution in [0.5, 0.6) is 5.75 Å². The largest absolute Gasteiger partial charge is 0.491 e. The molecule has 5 heteroatoms. The van der Waals surface area contributed by atoms with E-state index < -0.39 is 12.2 Å². The second kappa shape index (κ2) is 8.69. The zero-order valence-corrected chi connectivity index (χ0v) is 12.1. The molecule has 0 fully saturated rings. The fraction of sp³-hybridized carbons (Fsp3) is 0.235. The number of alkyl carbamates (subject to hydrolysis) is 1. The molecule has 0 saturated heterocycles. The van der Waals surface area contributed by atoms with Crippen LogP contribution >= 0.6 is 0 Å². The highest BCUT2D eigenvalue weighted by Crippen LogP contribution is 2.08. The van der Waals surface area contributed by atoms with E-state index in [1.54, 1.807) is 12.1 Å². The van der Waals surface area contributed by atoms with Gasteiger partial charge in [-0.3, -0.25) is 0 Å². The van der Waals surface area contributed by atoms with Crippen LogP contribution in [-0.4, -0.2) is 30.5 Å². The Balaban J connectivity index is 1.61. The summed E-state index contributed by atoms with van der Waals surface area (Å²) in [7, 11) is 0. The number of carbonyl (C=O) groups excluding carboxylic acids is 1. The predicted octanol–water partition coefficient (Wildman–Crippen LogP) is 2.35. The van der Waals surface area contributed by atoms with Crippen LogP contribution in [0.4, 0.5) is 4.79 Å². The maximum atomic E-state index is 11.5. The molecule has 5 nitrogen and oxygen atoms in total. The number of benzene rings is 2. The Bertz CT molecular complexity index is 559. The van der Waals surface area contributed by atoms with E-state index in [4.69, 9.17) is 9.47 Å². The number of para-hydroxylation sites is 1. The molecule has 0 saturated carbocycles. The van der Waals surface area contributed by atoms with Crippen LogP contribution in [-0.2, 0) is 11.3 Å². The lowest BCUT2D eigenvalue weighted by Gasteiger charge is -2.13. The molecule has 0 aliphatic rings. The molecule has 1 atom stereocenters. The summed E-state index contributed by atoms with van der Waals surface area (Å²) in [4.78, 5) is 11.5. The first-order valence-corrected chi connectivity index (χ1v) is 7.04. The van der Waals surface area contributed by atoms with E-state index in [1.165, 1.54) is 0 Å². The van der Waals surface area contributed by atoms with Gasteiger partial charge < -0.3 is 19.9 Å². The number of nitrogens with one attached hydrogen (secondary N) is 1. The van der Waals surface area contributed by atoms with Crippen LogP contribution in [0.1, 0.15) is 5.56 Å². The van der Waals surface area contributed by atoms with Crippen molar-refractivity contribution in [2.75, 3.05) is 13.2 Å². The Labute approximate surface area is 129 Å². The molecule has 0 aliphatic heterocycles. The smallest absolute Gasteiger partial charge is 0.407 e. The standard InChI is InChI=1S/C17H19NO4/c19-15(13-21-16-9-5-2-6-10-16)11-18-17(20)22-12-14-7-3-1-4-8-14/h1-10,15,19H,11-13H2,(H,18,20). The summed E-state index contributed by atoms with van der Waals surface area (Å²) in [6.45, 7) is 0.368. The fourth-order valence-electron chi connectivity index (χ4n) is 1.74. The Morgan fingerprint density at radius 3 is 2.36 bits per heavy atom. The van der Waals surface area contributed by atoms with Gasteiger partial charge in [0.2, 0.25) is 0 Å². The van der Waals surface area contributed by atoms with E-state index in [1.807, 2.05) is 48.5 Å². The minimum atomic E-state index is -0.801. The van der Waals surface area contributed by atoms with Crippen LogP contribution in [0.3, 0.4) is 0 Å². The molecular weight excluding hydrogens is 282 g/mol. The molecule has 0 heterocycles. The molecule has 0 bridgehead atoms. The third kappa shape index (κ3) is 5.85. The van der Waals surface area contributed by atoms with E-state index in [0.717, 1.165) is 5.56 Å². The van der Waals surface area contributed by atoms with E-state index in [2.05, 4.69) is 5.32 Å². The molecule has 0 aliphatic carbocycles. The van der Waals surface area contributed by atoms with E-state index in [-0.39, 0.29) is 19.8 Å². The van der Waals surface area contributed by atoms with Gasteiger partial charge in [-0.1, -0.05) is 48.5 Å². The summed E-state index contributed by atoms with van der Waals surface area (Å²) < 4.78 is 10.4. The van der Waals surface area contributed by atoms with Crippen molar-refractivity contribution in [3.8, 4) is 5.75 Å². The number of hydrogen-bond donors (Lipinski definition) is 2. The van der Waals surface area contributed by atoms with Crippen molar-refractivity contribution < 1.29 is 19.4 Å². The zero-order valence-electron chi connectivity index (χ0n) is 12.1. The quantitative estimate of drug-likeness (QED) is 0.824. The maximum Gasteiger partial charge on any atom is 0.407 e. The van der Waals surface area contributed by atoms with Crippen molar-refractivity contribution in [2.45, 2.75) is 12.7 Å². The average Bonchev–Trinajstić information content (AvgIpc) is 2.58. The fourth-order valence-corrected chi connectivity index (χ4v) is 1.74. The minimum absolute atomic E-state index is 0.0699. The van der Waals surface area contributed by atoms with Crippen molar-refractivity contribution in [3.63, 3.8) is 0 Å². The maximum absolute atomic E-state index is 11.5. The summed E-state index contributed by atoms with van der Waals surface area (Å²) in [6.07, 6.45) is -1.37. The summed E-state index contributed by atoms with van der Waals surface area (Å²) in [5.74, 6) is 0.674. The van der Waals surface area contributed by atoms with Gasteiger partial charge in [-0.15, -0.1) is 0 Å². The predicted molar refractivity (Wildman–Crippen MR) is 82.6 cm³/mol. The van der Waals surface area contributed by atoms with Crippen molar-refractivity contribution in [1.82, 2.24) is 5.32 Å². The Kier molecular flexibility index (Phi) is 6.26. The van der Waals surface area contributed by atoms with Crippen molar-refractivity contribution in [2.24, 2.45) is 0 Å². The molecule has 0 radical (unpaired) electrons. The molecule has 1 amide bonds. The molecule has 22 heavy (non-hydrogen) atoms. The van der Waals surface area contributed by atoms with Gasteiger partial charge in [-0.25, -0.2) is 4.79 Å². The molecule has 2 aromatic carbocycles. The highest BCUT2D eigenvalue weighted by Gasteiger charge is 2.08. The van der Waals surface area contributed by atoms with Gasteiger partial charge in [0.15, 0.2) is 0 Å². The Morgan fingerprint density at radius 2 is 1.68 bits per heavy atom. The second-order valence-electron chi connectivity index (χ2n) is 4.72. The molecule has 2 rings (SSSR count).